The molecule has 2 fully saturated rings. The SMILES string of the molecule is CCC1NCN(CC2C(C)(C)C2(C)C)C1=O. The summed E-state index contributed by atoms with van der Waals surface area (Å²) in [6.45, 7) is 12.9. The predicted octanol–water partition coefficient (Wildman–Crippen LogP) is 1.84. The molecule has 1 aliphatic carbocycles. The van der Waals surface area contributed by atoms with Crippen molar-refractivity contribution in [2.75, 3.05) is 13.2 Å². The van der Waals surface area contributed by atoms with Gasteiger partial charge >= 0.3 is 0 Å². The van der Waals surface area contributed by atoms with Gasteiger partial charge in [0, 0.05) is 6.54 Å². The summed E-state index contributed by atoms with van der Waals surface area (Å²) in [6.07, 6.45) is 0.896. The molecule has 3 heteroatoms. The summed E-state index contributed by atoms with van der Waals surface area (Å²) in [5.74, 6) is 0.933. The zero-order valence-electron chi connectivity index (χ0n) is 11.1. The molecule has 1 saturated heterocycles. The number of nitrogens with zero attached hydrogens (tertiary/aromatic N) is 1. The van der Waals surface area contributed by atoms with Crippen LogP contribution in [-0.4, -0.2) is 30.1 Å². The molecule has 0 aromatic carbocycles. The Balaban J connectivity index is 1.96. The standard InChI is InChI=1S/C13H24N2O/c1-6-9-11(16)15(8-14-9)7-10-12(2,3)13(10,4)5/h9-10,14H,6-8H2,1-5H3. The van der Waals surface area contributed by atoms with Gasteiger partial charge in [0.2, 0.25) is 5.91 Å². The lowest BCUT2D eigenvalue weighted by molar-refractivity contribution is -0.129. The second-order valence-electron chi connectivity index (χ2n) is 6.38. The summed E-state index contributed by atoms with van der Waals surface area (Å²) in [7, 11) is 0. The number of amides is 1. The van der Waals surface area contributed by atoms with Crippen molar-refractivity contribution in [3.63, 3.8) is 0 Å². The van der Waals surface area contributed by atoms with Gasteiger partial charge < -0.3 is 4.90 Å². The van der Waals surface area contributed by atoms with Crippen LogP contribution in [0, 0.1) is 16.7 Å². The van der Waals surface area contributed by atoms with Gasteiger partial charge in [-0.25, -0.2) is 0 Å². The third kappa shape index (κ3) is 1.48. The van der Waals surface area contributed by atoms with Gasteiger partial charge in [-0.15, -0.1) is 0 Å². The maximum atomic E-state index is 12.0. The average molecular weight is 224 g/mol. The van der Waals surface area contributed by atoms with E-state index in [1.807, 2.05) is 4.90 Å². The van der Waals surface area contributed by atoms with Crippen LogP contribution in [0.1, 0.15) is 41.0 Å². The Morgan fingerprint density at radius 1 is 1.31 bits per heavy atom. The molecule has 1 atom stereocenters. The van der Waals surface area contributed by atoms with E-state index < -0.39 is 0 Å². The molecule has 0 spiro atoms. The minimum Gasteiger partial charge on any atom is -0.328 e. The van der Waals surface area contributed by atoms with Crippen molar-refractivity contribution in [1.82, 2.24) is 10.2 Å². The lowest BCUT2D eigenvalue weighted by Crippen LogP contribution is -2.32. The zero-order valence-corrected chi connectivity index (χ0v) is 11.1. The fourth-order valence-corrected chi connectivity index (χ4v) is 3.09. The highest BCUT2D eigenvalue weighted by Crippen LogP contribution is 2.68. The smallest absolute Gasteiger partial charge is 0.240 e. The van der Waals surface area contributed by atoms with Gasteiger partial charge in [-0.1, -0.05) is 34.6 Å². The summed E-state index contributed by atoms with van der Waals surface area (Å²) < 4.78 is 0. The number of hydrogen-bond acceptors (Lipinski definition) is 2. The van der Waals surface area contributed by atoms with Crippen LogP contribution in [0.4, 0.5) is 0 Å². The molecule has 1 heterocycles. The van der Waals surface area contributed by atoms with Crippen LogP contribution in [0.5, 0.6) is 0 Å². The van der Waals surface area contributed by atoms with Crippen LogP contribution in [0.15, 0.2) is 0 Å². The normalized spacial score (nSPS) is 32.2. The lowest BCUT2D eigenvalue weighted by atomic mass is 10.0. The molecular formula is C13H24N2O. The largest absolute Gasteiger partial charge is 0.328 e. The molecule has 92 valence electrons. The molecule has 2 rings (SSSR count). The Labute approximate surface area is 98.6 Å². The van der Waals surface area contributed by atoms with Gasteiger partial charge in [-0.2, -0.15) is 0 Å². The van der Waals surface area contributed by atoms with E-state index in [9.17, 15) is 4.79 Å². The highest BCUT2D eigenvalue weighted by Gasteiger charge is 2.65. The summed E-state index contributed by atoms with van der Waals surface area (Å²) in [5, 5.41) is 3.27. The van der Waals surface area contributed by atoms with E-state index in [-0.39, 0.29) is 6.04 Å². The van der Waals surface area contributed by atoms with Crippen LogP contribution in [-0.2, 0) is 4.79 Å². The molecule has 1 aliphatic heterocycles. The number of hydrogen-bond donors (Lipinski definition) is 1. The second kappa shape index (κ2) is 3.46. The average Bonchev–Trinajstić information content (AvgIpc) is 2.48. The number of carbonyl (C=O) groups is 1. The van der Waals surface area contributed by atoms with Crippen molar-refractivity contribution in [2.24, 2.45) is 16.7 Å². The minimum atomic E-state index is 0.0602. The first-order chi connectivity index (χ1) is 7.32. The Hall–Kier alpha value is -0.570. The van der Waals surface area contributed by atoms with Gasteiger partial charge in [0.15, 0.2) is 0 Å². The molecule has 3 nitrogen and oxygen atoms in total. The molecule has 1 unspecified atom stereocenters. The van der Waals surface area contributed by atoms with Gasteiger partial charge in [-0.3, -0.25) is 10.1 Å². The topological polar surface area (TPSA) is 32.3 Å². The molecular weight excluding hydrogens is 200 g/mol. The fraction of sp³-hybridized carbons (Fsp3) is 0.923. The molecule has 0 aromatic heterocycles. The molecule has 0 aromatic rings. The van der Waals surface area contributed by atoms with E-state index in [0.717, 1.165) is 19.6 Å². The Kier molecular flexibility index (Phi) is 2.57. The Bertz CT molecular complexity index is 295. The lowest BCUT2D eigenvalue weighted by Gasteiger charge is -2.16. The first-order valence-corrected chi connectivity index (χ1v) is 6.34. The zero-order chi connectivity index (χ0) is 12.1. The molecule has 0 bridgehead atoms. The highest BCUT2D eigenvalue weighted by atomic mass is 16.2. The van der Waals surface area contributed by atoms with Crippen LogP contribution in [0.3, 0.4) is 0 Å². The van der Waals surface area contributed by atoms with E-state index in [2.05, 4.69) is 39.9 Å². The van der Waals surface area contributed by atoms with Crippen molar-refractivity contribution in [1.29, 1.82) is 0 Å². The first kappa shape index (κ1) is 11.9. The molecule has 1 N–H and O–H groups in total. The maximum absolute atomic E-state index is 12.0. The predicted molar refractivity (Wildman–Crippen MR) is 64.8 cm³/mol. The van der Waals surface area contributed by atoms with Gasteiger partial charge in [0.05, 0.1) is 12.7 Å². The van der Waals surface area contributed by atoms with Crippen molar-refractivity contribution >= 4 is 5.91 Å². The van der Waals surface area contributed by atoms with Crippen molar-refractivity contribution in [3.05, 3.63) is 0 Å². The van der Waals surface area contributed by atoms with Crippen molar-refractivity contribution < 1.29 is 4.79 Å². The maximum Gasteiger partial charge on any atom is 0.240 e. The minimum absolute atomic E-state index is 0.0602. The third-order valence-electron chi connectivity index (χ3n) is 5.27. The summed E-state index contributed by atoms with van der Waals surface area (Å²) in [4.78, 5) is 14.0. The molecule has 0 radical (unpaired) electrons. The third-order valence-corrected chi connectivity index (χ3v) is 5.27. The Morgan fingerprint density at radius 3 is 2.25 bits per heavy atom. The van der Waals surface area contributed by atoms with E-state index in [4.69, 9.17) is 0 Å². The number of rotatable bonds is 3. The monoisotopic (exact) mass is 224 g/mol. The molecule has 1 amide bonds. The fourth-order valence-electron chi connectivity index (χ4n) is 3.09. The summed E-state index contributed by atoms with van der Waals surface area (Å²) >= 11 is 0. The number of nitrogens with one attached hydrogen (secondary N) is 1. The quantitative estimate of drug-likeness (QED) is 0.793. The van der Waals surface area contributed by atoms with Gasteiger partial charge in [0.1, 0.15) is 0 Å². The van der Waals surface area contributed by atoms with E-state index in [1.54, 1.807) is 0 Å². The first-order valence-electron chi connectivity index (χ1n) is 6.34. The van der Waals surface area contributed by atoms with Crippen LogP contribution >= 0.6 is 0 Å². The van der Waals surface area contributed by atoms with Gasteiger partial charge in [0.25, 0.3) is 0 Å². The molecule has 1 saturated carbocycles. The van der Waals surface area contributed by atoms with Crippen LogP contribution in [0.25, 0.3) is 0 Å². The number of carbonyl (C=O) groups excluding carboxylic acids is 1. The summed E-state index contributed by atoms with van der Waals surface area (Å²) in [5.41, 5.74) is 0.745. The second-order valence-corrected chi connectivity index (χ2v) is 6.38. The van der Waals surface area contributed by atoms with Gasteiger partial charge in [-0.05, 0) is 23.2 Å². The Morgan fingerprint density at radius 2 is 1.88 bits per heavy atom. The highest BCUT2D eigenvalue weighted by molar-refractivity contribution is 5.83. The molecule has 16 heavy (non-hydrogen) atoms. The van der Waals surface area contributed by atoms with Crippen LogP contribution in [0.2, 0.25) is 0 Å². The van der Waals surface area contributed by atoms with Crippen molar-refractivity contribution in [2.45, 2.75) is 47.1 Å². The van der Waals surface area contributed by atoms with E-state index >= 15 is 0 Å². The van der Waals surface area contributed by atoms with E-state index in [1.165, 1.54) is 0 Å². The molecule has 2 aliphatic rings. The summed E-state index contributed by atoms with van der Waals surface area (Å²) in [6, 6.07) is 0.0602. The van der Waals surface area contributed by atoms with Crippen molar-refractivity contribution in [3.8, 4) is 0 Å². The van der Waals surface area contributed by atoms with Crippen LogP contribution < -0.4 is 5.32 Å². The van der Waals surface area contributed by atoms with E-state index in [0.29, 0.717) is 22.7 Å².